The number of rotatable bonds is 5. The molecular formula is C11H18N2S. The summed E-state index contributed by atoms with van der Waals surface area (Å²) in [4.78, 5) is 4.53. The molecule has 2 rings (SSSR count). The van der Waals surface area contributed by atoms with Crippen LogP contribution in [0, 0.1) is 12.3 Å². The van der Waals surface area contributed by atoms with Gasteiger partial charge in [0.25, 0.3) is 0 Å². The molecule has 1 heterocycles. The minimum absolute atomic E-state index is 0.552. The third-order valence-corrected chi connectivity index (χ3v) is 3.75. The summed E-state index contributed by atoms with van der Waals surface area (Å²) in [7, 11) is 0. The molecule has 1 aromatic heterocycles. The summed E-state index contributed by atoms with van der Waals surface area (Å²) < 4.78 is 0. The number of aryl methyl sites for hydroxylation is 1. The fourth-order valence-electron chi connectivity index (χ4n) is 1.86. The second-order valence-electron chi connectivity index (χ2n) is 4.31. The number of aromatic nitrogens is 1. The molecule has 1 aromatic rings. The maximum atomic E-state index is 4.53. The summed E-state index contributed by atoms with van der Waals surface area (Å²) in [6.07, 6.45) is 3.91. The monoisotopic (exact) mass is 210 g/mol. The highest BCUT2D eigenvalue weighted by Gasteiger charge is 2.42. The van der Waals surface area contributed by atoms with Gasteiger partial charge in [-0.15, -0.1) is 11.3 Å². The Morgan fingerprint density at radius 2 is 2.36 bits per heavy atom. The zero-order chi connectivity index (χ0) is 10.0. The topological polar surface area (TPSA) is 24.9 Å². The van der Waals surface area contributed by atoms with Gasteiger partial charge in [-0.2, -0.15) is 0 Å². The molecular weight excluding hydrogens is 192 g/mol. The summed E-state index contributed by atoms with van der Waals surface area (Å²) in [5.74, 6) is 0. The molecule has 0 aliphatic heterocycles. The van der Waals surface area contributed by atoms with Crippen molar-refractivity contribution in [3.8, 4) is 0 Å². The molecule has 0 aromatic carbocycles. The van der Waals surface area contributed by atoms with Crippen LogP contribution in [0.2, 0.25) is 0 Å². The van der Waals surface area contributed by atoms with Crippen molar-refractivity contribution < 1.29 is 0 Å². The molecule has 0 atom stereocenters. The van der Waals surface area contributed by atoms with Crippen molar-refractivity contribution in [2.24, 2.45) is 5.41 Å². The lowest BCUT2D eigenvalue weighted by molar-refractivity contribution is 0.459. The van der Waals surface area contributed by atoms with Crippen LogP contribution in [0.5, 0.6) is 0 Å². The second kappa shape index (κ2) is 3.99. The van der Waals surface area contributed by atoms with Crippen LogP contribution in [0.15, 0.2) is 5.38 Å². The van der Waals surface area contributed by atoms with Crippen molar-refractivity contribution in [2.75, 3.05) is 13.1 Å². The first-order chi connectivity index (χ1) is 6.74. The Labute approximate surface area is 89.8 Å². The van der Waals surface area contributed by atoms with E-state index in [-0.39, 0.29) is 0 Å². The third kappa shape index (κ3) is 2.34. The highest BCUT2D eigenvalue weighted by molar-refractivity contribution is 7.09. The van der Waals surface area contributed by atoms with E-state index in [1.165, 1.54) is 36.5 Å². The fraction of sp³-hybridized carbons (Fsp3) is 0.727. The molecule has 1 saturated carbocycles. The van der Waals surface area contributed by atoms with E-state index in [2.05, 4.69) is 29.5 Å². The Hall–Kier alpha value is -0.410. The predicted molar refractivity (Wildman–Crippen MR) is 60.8 cm³/mol. The Morgan fingerprint density at radius 3 is 2.86 bits per heavy atom. The predicted octanol–water partition coefficient (Wildman–Crippen LogP) is 2.38. The average Bonchev–Trinajstić information content (AvgIpc) is 2.81. The van der Waals surface area contributed by atoms with E-state index in [1.807, 2.05) is 0 Å². The Kier molecular flexibility index (Phi) is 2.88. The molecule has 3 heteroatoms. The lowest BCUT2D eigenvalue weighted by Gasteiger charge is -2.13. The van der Waals surface area contributed by atoms with Crippen molar-refractivity contribution in [2.45, 2.75) is 33.1 Å². The molecule has 2 nitrogen and oxygen atoms in total. The lowest BCUT2D eigenvalue weighted by Crippen LogP contribution is -2.25. The number of thiazole rings is 1. The summed E-state index contributed by atoms with van der Waals surface area (Å²) in [6.45, 7) is 6.50. The SMILES string of the molecule is CCNCC1(Cc2csc(C)n2)CC1. The van der Waals surface area contributed by atoms with E-state index in [4.69, 9.17) is 0 Å². The van der Waals surface area contributed by atoms with E-state index >= 15 is 0 Å². The molecule has 1 N–H and O–H groups in total. The zero-order valence-corrected chi connectivity index (χ0v) is 9.78. The minimum Gasteiger partial charge on any atom is -0.316 e. The number of hydrogen-bond acceptors (Lipinski definition) is 3. The van der Waals surface area contributed by atoms with Crippen molar-refractivity contribution in [1.29, 1.82) is 0 Å². The summed E-state index contributed by atoms with van der Waals surface area (Å²) >= 11 is 1.77. The number of hydrogen-bond donors (Lipinski definition) is 1. The van der Waals surface area contributed by atoms with Crippen LogP contribution in [0.3, 0.4) is 0 Å². The van der Waals surface area contributed by atoms with Gasteiger partial charge in [0, 0.05) is 11.9 Å². The van der Waals surface area contributed by atoms with Gasteiger partial charge in [-0.1, -0.05) is 6.92 Å². The number of nitrogens with zero attached hydrogens (tertiary/aromatic N) is 1. The summed E-state index contributed by atoms with van der Waals surface area (Å²) in [5, 5.41) is 6.86. The first-order valence-electron chi connectivity index (χ1n) is 5.36. The van der Waals surface area contributed by atoms with E-state index in [9.17, 15) is 0 Å². The van der Waals surface area contributed by atoms with Crippen LogP contribution in [-0.4, -0.2) is 18.1 Å². The molecule has 1 aliphatic carbocycles. The van der Waals surface area contributed by atoms with Gasteiger partial charge in [0.1, 0.15) is 0 Å². The first-order valence-corrected chi connectivity index (χ1v) is 6.24. The van der Waals surface area contributed by atoms with Crippen molar-refractivity contribution in [3.05, 3.63) is 16.1 Å². The fourth-order valence-corrected chi connectivity index (χ4v) is 2.47. The van der Waals surface area contributed by atoms with Crippen molar-refractivity contribution in [1.82, 2.24) is 10.3 Å². The van der Waals surface area contributed by atoms with E-state index < -0.39 is 0 Å². The van der Waals surface area contributed by atoms with Gasteiger partial charge >= 0.3 is 0 Å². The third-order valence-electron chi connectivity index (χ3n) is 2.93. The molecule has 0 spiro atoms. The Bertz CT molecular complexity index is 302. The van der Waals surface area contributed by atoms with E-state index in [1.54, 1.807) is 11.3 Å². The quantitative estimate of drug-likeness (QED) is 0.807. The normalized spacial score (nSPS) is 18.4. The van der Waals surface area contributed by atoms with Crippen molar-refractivity contribution in [3.63, 3.8) is 0 Å². The van der Waals surface area contributed by atoms with Gasteiger partial charge < -0.3 is 5.32 Å². The number of nitrogens with one attached hydrogen (secondary N) is 1. The molecule has 0 amide bonds. The van der Waals surface area contributed by atoms with E-state index in [0.29, 0.717) is 5.41 Å². The Morgan fingerprint density at radius 1 is 1.57 bits per heavy atom. The minimum atomic E-state index is 0.552. The molecule has 78 valence electrons. The summed E-state index contributed by atoms with van der Waals surface area (Å²) in [5.41, 5.74) is 1.85. The van der Waals surface area contributed by atoms with Gasteiger partial charge in [0.2, 0.25) is 0 Å². The molecule has 0 radical (unpaired) electrons. The van der Waals surface area contributed by atoms with Gasteiger partial charge in [-0.25, -0.2) is 4.98 Å². The largest absolute Gasteiger partial charge is 0.316 e. The second-order valence-corrected chi connectivity index (χ2v) is 5.38. The van der Waals surface area contributed by atoms with Gasteiger partial charge in [0.05, 0.1) is 10.7 Å². The molecule has 0 bridgehead atoms. The highest BCUT2D eigenvalue weighted by Crippen LogP contribution is 2.47. The van der Waals surface area contributed by atoms with Crippen LogP contribution < -0.4 is 5.32 Å². The maximum absolute atomic E-state index is 4.53. The van der Waals surface area contributed by atoms with Crippen LogP contribution >= 0.6 is 11.3 Å². The van der Waals surface area contributed by atoms with Crippen LogP contribution in [0.4, 0.5) is 0 Å². The first kappa shape index (κ1) is 10.1. The highest BCUT2D eigenvalue weighted by atomic mass is 32.1. The smallest absolute Gasteiger partial charge is 0.0897 e. The van der Waals surface area contributed by atoms with Crippen LogP contribution in [0.25, 0.3) is 0 Å². The van der Waals surface area contributed by atoms with Crippen LogP contribution in [0.1, 0.15) is 30.5 Å². The molecule has 14 heavy (non-hydrogen) atoms. The maximum Gasteiger partial charge on any atom is 0.0897 e. The van der Waals surface area contributed by atoms with Gasteiger partial charge in [-0.05, 0) is 38.1 Å². The molecule has 1 aliphatic rings. The lowest BCUT2D eigenvalue weighted by atomic mass is 10.0. The van der Waals surface area contributed by atoms with Gasteiger partial charge in [0.15, 0.2) is 0 Å². The van der Waals surface area contributed by atoms with Crippen molar-refractivity contribution >= 4 is 11.3 Å². The average molecular weight is 210 g/mol. The zero-order valence-electron chi connectivity index (χ0n) is 8.97. The molecule has 0 unspecified atom stereocenters. The van der Waals surface area contributed by atoms with E-state index in [0.717, 1.165) is 6.54 Å². The summed E-state index contributed by atoms with van der Waals surface area (Å²) in [6, 6.07) is 0. The van der Waals surface area contributed by atoms with Gasteiger partial charge in [-0.3, -0.25) is 0 Å². The Balaban J connectivity index is 1.90. The molecule has 1 fully saturated rings. The molecule has 0 saturated heterocycles. The standard InChI is InChI=1S/C11H18N2S/c1-3-12-8-11(4-5-11)6-10-7-14-9(2)13-10/h7,12H,3-6,8H2,1-2H3. The van der Waals surface area contributed by atoms with Crippen LogP contribution in [-0.2, 0) is 6.42 Å².